The highest BCUT2D eigenvalue weighted by atomic mass is 32.1. The quantitative estimate of drug-likeness (QED) is 0.510. The van der Waals surface area contributed by atoms with Crippen molar-refractivity contribution >= 4 is 23.5 Å². The van der Waals surface area contributed by atoms with Gasteiger partial charge < -0.3 is 10.5 Å². The number of aryl methyl sites for hydroxylation is 1. The molecule has 1 aromatic heterocycles. The molecule has 0 aliphatic heterocycles. The van der Waals surface area contributed by atoms with Crippen molar-refractivity contribution in [3.8, 4) is 10.6 Å². The fraction of sp³-hybridized carbons (Fsp3) is 0.231. The maximum atomic E-state index is 10.1. The van der Waals surface area contributed by atoms with Crippen molar-refractivity contribution in [1.29, 1.82) is 0 Å². The Morgan fingerprint density at radius 3 is 2.94 bits per heavy atom. The Morgan fingerprint density at radius 2 is 2.22 bits per heavy atom. The maximum Gasteiger partial charge on any atom is 0.293 e. The molecule has 0 saturated heterocycles. The molecule has 1 aromatic carbocycles. The molecule has 94 valence electrons. The molecule has 0 saturated carbocycles. The van der Waals surface area contributed by atoms with E-state index in [1.165, 1.54) is 0 Å². The Balaban J connectivity index is 2.23. The zero-order chi connectivity index (χ0) is 13.0. The van der Waals surface area contributed by atoms with E-state index < -0.39 is 0 Å². The van der Waals surface area contributed by atoms with Crippen molar-refractivity contribution in [2.45, 2.75) is 13.3 Å². The normalized spacial score (nSPS) is 10.3. The molecule has 0 unspecified atom stereocenters. The number of aromatic nitrogens is 1. The highest BCUT2D eigenvalue weighted by Gasteiger charge is 2.11. The monoisotopic (exact) mass is 262 g/mol. The molecule has 5 heteroatoms. The minimum atomic E-state index is 0.385. The summed E-state index contributed by atoms with van der Waals surface area (Å²) >= 11 is 1.59. The van der Waals surface area contributed by atoms with Gasteiger partial charge in [0.25, 0.3) is 6.47 Å². The molecule has 2 N–H and O–H groups in total. The van der Waals surface area contributed by atoms with E-state index in [2.05, 4.69) is 4.98 Å². The van der Waals surface area contributed by atoms with E-state index in [4.69, 9.17) is 10.5 Å². The standard InChI is InChI=1S/C13H14N2O2S/c1-9-12(6-7-17-8-16)18-13(15-9)10-4-2-3-5-11(10)14/h2-5,8H,6-7,14H2,1H3. The molecule has 0 fully saturated rings. The number of anilines is 1. The second-order valence-corrected chi connectivity index (χ2v) is 4.92. The molecule has 2 rings (SSSR count). The molecule has 0 aliphatic rings. The summed E-state index contributed by atoms with van der Waals surface area (Å²) in [6, 6.07) is 7.66. The van der Waals surface area contributed by atoms with Gasteiger partial charge in [-0.3, -0.25) is 4.79 Å². The van der Waals surface area contributed by atoms with Crippen LogP contribution in [0.4, 0.5) is 5.69 Å². The van der Waals surface area contributed by atoms with Gasteiger partial charge >= 0.3 is 0 Å². The lowest BCUT2D eigenvalue weighted by Crippen LogP contribution is -1.95. The van der Waals surface area contributed by atoms with Gasteiger partial charge in [0, 0.05) is 22.5 Å². The number of hydrogen-bond donors (Lipinski definition) is 1. The van der Waals surface area contributed by atoms with Gasteiger partial charge in [0.1, 0.15) is 5.01 Å². The fourth-order valence-corrected chi connectivity index (χ4v) is 2.76. The molecule has 18 heavy (non-hydrogen) atoms. The van der Waals surface area contributed by atoms with Crippen LogP contribution < -0.4 is 5.73 Å². The molecule has 2 aromatic rings. The fourth-order valence-electron chi connectivity index (χ4n) is 1.67. The first kappa shape index (κ1) is 12.6. The number of thiazole rings is 1. The highest BCUT2D eigenvalue weighted by molar-refractivity contribution is 7.15. The van der Waals surface area contributed by atoms with Crippen LogP contribution in [0.15, 0.2) is 24.3 Å². The second-order valence-electron chi connectivity index (χ2n) is 3.83. The van der Waals surface area contributed by atoms with E-state index in [9.17, 15) is 4.79 Å². The lowest BCUT2D eigenvalue weighted by Gasteiger charge is -2.00. The van der Waals surface area contributed by atoms with E-state index in [1.54, 1.807) is 11.3 Å². The maximum absolute atomic E-state index is 10.1. The summed E-state index contributed by atoms with van der Waals surface area (Å²) in [5, 5.41) is 0.909. The highest BCUT2D eigenvalue weighted by Crippen LogP contribution is 2.31. The minimum absolute atomic E-state index is 0.385. The van der Waals surface area contributed by atoms with Gasteiger partial charge in [0.05, 0.1) is 12.3 Å². The molecule has 4 nitrogen and oxygen atoms in total. The lowest BCUT2D eigenvalue weighted by molar-refractivity contribution is -0.128. The van der Waals surface area contributed by atoms with Crippen LogP contribution in [-0.2, 0) is 16.0 Å². The first-order valence-electron chi connectivity index (χ1n) is 5.59. The third kappa shape index (κ3) is 2.68. The zero-order valence-corrected chi connectivity index (χ0v) is 10.9. The number of para-hydroxylation sites is 1. The van der Waals surface area contributed by atoms with E-state index in [-0.39, 0.29) is 0 Å². The number of nitrogen functional groups attached to an aromatic ring is 1. The van der Waals surface area contributed by atoms with Crippen LogP contribution in [0.25, 0.3) is 10.6 Å². The van der Waals surface area contributed by atoms with Crippen molar-refractivity contribution in [2.24, 2.45) is 0 Å². The molecular weight excluding hydrogens is 248 g/mol. The zero-order valence-electron chi connectivity index (χ0n) is 10.1. The van der Waals surface area contributed by atoms with E-state index in [0.717, 1.165) is 26.8 Å². The van der Waals surface area contributed by atoms with Gasteiger partial charge in [-0.15, -0.1) is 11.3 Å². The van der Waals surface area contributed by atoms with E-state index in [1.807, 2.05) is 31.2 Å². The summed E-state index contributed by atoms with van der Waals surface area (Å²) in [6.07, 6.45) is 0.689. The van der Waals surface area contributed by atoms with Crippen LogP contribution >= 0.6 is 11.3 Å². The van der Waals surface area contributed by atoms with E-state index >= 15 is 0 Å². The van der Waals surface area contributed by atoms with Gasteiger partial charge in [-0.2, -0.15) is 0 Å². The summed E-state index contributed by atoms with van der Waals surface area (Å²) in [6.45, 7) is 2.80. The van der Waals surface area contributed by atoms with Crippen molar-refractivity contribution in [3.63, 3.8) is 0 Å². The molecule has 0 aliphatic carbocycles. The molecule has 0 amide bonds. The molecule has 0 bridgehead atoms. The average molecular weight is 262 g/mol. The lowest BCUT2D eigenvalue weighted by atomic mass is 10.2. The van der Waals surface area contributed by atoms with Crippen molar-refractivity contribution < 1.29 is 9.53 Å². The Morgan fingerprint density at radius 1 is 1.44 bits per heavy atom. The van der Waals surface area contributed by atoms with Gasteiger partial charge in [-0.05, 0) is 19.1 Å². The molecule has 0 atom stereocenters. The smallest absolute Gasteiger partial charge is 0.293 e. The number of hydrogen-bond acceptors (Lipinski definition) is 5. The number of carbonyl (C=O) groups excluding carboxylic acids is 1. The molecule has 1 heterocycles. The number of ether oxygens (including phenoxy) is 1. The number of rotatable bonds is 5. The first-order valence-corrected chi connectivity index (χ1v) is 6.40. The Kier molecular flexibility index (Phi) is 3.94. The van der Waals surface area contributed by atoms with Crippen LogP contribution in [0.1, 0.15) is 10.6 Å². The van der Waals surface area contributed by atoms with Crippen molar-refractivity contribution in [2.75, 3.05) is 12.3 Å². The average Bonchev–Trinajstić information content (AvgIpc) is 2.72. The number of nitrogens with two attached hydrogens (primary N) is 1. The summed E-state index contributed by atoms with van der Waals surface area (Å²) in [4.78, 5) is 15.7. The number of nitrogens with zero attached hydrogens (tertiary/aromatic N) is 1. The SMILES string of the molecule is Cc1nc(-c2ccccc2N)sc1CCOC=O. The largest absolute Gasteiger partial charge is 0.468 e. The predicted octanol–water partition coefficient (Wildman–Crippen LogP) is 2.42. The predicted molar refractivity (Wildman–Crippen MR) is 72.4 cm³/mol. The Bertz CT molecular complexity index is 552. The van der Waals surface area contributed by atoms with Gasteiger partial charge in [-0.1, -0.05) is 12.1 Å². The van der Waals surface area contributed by atoms with Crippen LogP contribution in [0.2, 0.25) is 0 Å². The molecule has 0 spiro atoms. The van der Waals surface area contributed by atoms with Gasteiger partial charge in [0.15, 0.2) is 0 Å². The van der Waals surface area contributed by atoms with Gasteiger partial charge in [0.2, 0.25) is 0 Å². The van der Waals surface area contributed by atoms with Crippen LogP contribution in [-0.4, -0.2) is 18.1 Å². The third-order valence-corrected chi connectivity index (χ3v) is 3.85. The number of benzene rings is 1. The topological polar surface area (TPSA) is 65.2 Å². The van der Waals surface area contributed by atoms with Crippen LogP contribution in [0.5, 0.6) is 0 Å². The minimum Gasteiger partial charge on any atom is -0.468 e. The summed E-state index contributed by atoms with van der Waals surface area (Å²) in [7, 11) is 0. The number of carbonyl (C=O) groups is 1. The van der Waals surface area contributed by atoms with Crippen molar-refractivity contribution in [3.05, 3.63) is 34.8 Å². The van der Waals surface area contributed by atoms with Crippen LogP contribution in [0, 0.1) is 6.92 Å². The Labute approximate surface area is 109 Å². The third-order valence-electron chi connectivity index (χ3n) is 2.60. The van der Waals surface area contributed by atoms with Crippen LogP contribution in [0.3, 0.4) is 0 Å². The first-order chi connectivity index (χ1) is 8.72. The van der Waals surface area contributed by atoms with Gasteiger partial charge in [-0.25, -0.2) is 4.98 Å². The van der Waals surface area contributed by atoms with Crippen molar-refractivity contribution in [1.82, 2.24) is 4.98 Å². The second kappa shape index (κ2) is 5.64. The Hall–Kier alpha value is -1.88. The summed E-state index contributed by atoms with van der Waals surface area (Å²) in [5.74, 6) is 0. The molecule has 0 radical (unpaired) electrons. The molecular formula is C13H14N2O2S. The van der Waals surface area contributed by atoms with E-state index in [0.29, 0.717) is 19.5 Å². The summed E-state index contributed by atoms with van der Waals surface area (Å²) in [5.41, 5.74) is 8.57. The summed E-state index contributed by atoms with van der Waals surface area (Å²) < 4.78 is 4.70.